The van der Waals surface area contributed by atoms with Crippen LogP contribution in [0.25, 0.3) is 16.7 Å². The third kappa shape index (κ3) is 6.26. The molecule has 7 nitrogen and oxygen atoms in total. The molecule has 1 aliphatic heterocycles. The SMILES string of the molecule is Cc1nn(-c2ccc(F)cc2)c2nc(CC3CCCCC3)nc(N3CCCN(C(=O)CCc4ccccc4)CC3)c12. The van der Waals surface area contributed by atoms with Gasteiger partial charge < -0.3 is 9.80 Å². The molecule has 2 fully saturated rings. The Hall–Kier alpha value is -3.81. The van der Waals surface area contributed by atoms with E-state index in [0.717, 1.165) is 66.4 Å². The van der Waals surface area contributed by atoms with Crippen molar-refractivity contribution < 1.29 is 9.18 Å². The van der Waals surface area contributed by atoms with E-state index >= 15 is 0 Å². The lowest BCUT2D eigenvalue weighted by molar-refractivity contribution is -0.130. The van der Waals surface area contributed by atoms with Crippen molar-refractivity contribution in [3.8, 4) is 5.69 Å². The first-order chi connectivity index (χ1) is 20.0. The van der Waals surface area contributed by atoms with Gasteiger partial charge in [0.05, 0.1) is 16.8 Å². The molecule has 0 radical (unpaired) electrons. The summed E-state index contributed by atoms with van der Waals surface area (Å²) in [5, 5.41) is 5.79. The maximum absolute atomic E-state index is 13.7. The summed E-state index contributed by atoms with van der Waals surface area (Å²) >= 11 is 0. The second kappa shape index (κ2) is 12.4. The topological polar surface area (TPSA) is 67.2 Å². The lowest BCUT2D eigenvalue weighted by Gasteiger charge is -2.25. The van der Waals surface area contributed by atoms with Gasteiger partial charge in [0.25, 0.3) is 0 Å². The van der Waals surface area contributed by atoms with Gasteiger partial charge in [-0.25, -0.2) is 19.0 Å². The van der Waals surface area contributed by atoms with Gasteiger partial charge in [-0.05, 0) is 55.5 Å². The molecule has 2 aromatic heterocycles. The molecule has 4 aromatic rings. The van der Waals surface area contributed by atoms with Crippen molar-refractivity contribution in [2.45, 2.75) is 64.7 Å². The third-order valence-corrected chi connectivity index (χ3v) is 8.62. The molecule has 1 saturated carbocycles. The number of nitrogens with zero attached hydrogens (tertiary/aromatic N) is 6. The van der Waals surface area contributed by atoms with E-state index in [9.17, 15) is 9.18 Å². The lowest BCUT2D eigenvalue weighted by atomic mass is 9.87. The van der Waals surface area contributed by atoms with E-state index in [0.29, 0.717) is 25.4 Å². The number of amides is 1. The van der Waals surface area contributed by atoms with Gasteiger partial charge in [0, 0.05) is 39.0 Å². The van der Waals surface area contributed by atoms with Crippen molar-refractivity contribution in [1.82, 2.24) is 24.6 Å². The van der Waals surface area contributed by atoms with Crippen LogP contribution < -0.4 is 4.90 Å². The first kappa shape index (κ1) is 27.4. The number of hydrogen-bond donors (Lipinski definition) is 0. The van der Waals surface area contributed by atoms with Crippen molar-refractivity contribution in [2.75, 3.05) is 31.1 Å². The minimum Gasteiger partial charge on any atom is -0.354 e. The Balaban J connectivity index is 1.28. The number of hydrogen-bond acceptors (Lipinski definition) is 5. The minimum absolute atomic E-state index is 0.210. The van der Waals surface area contributed by atoms with Crippen LogP contribution in [0.1, 0.15) is 62.0 Å². The highest BCUT2D eigenvalue weighted by molar-refractivity contribution is 5.91. The number of benzene rings is 2. The fourth-order valence-corrected chi connectivity index (χ4v) is 6.37. The summed E-state index contributed by atoms with van der Waals surface area (Å²) in [5.41, 5.74) is 3.59. The number of anilines is 1. The largest absolute Gasteiger partial charge is 0.354 e. The second-order valence-corrected chi connectivity index (χ2v) is 11.6. The molecular formula is C33H39FN6O. The summed E-state index contributed by atoms with van der Waals surface area (Å²) in [7, 11) is 0. The number of aromatic nitrogens is 4. The molecule has 0 spiro atoms. The number of fused-ring (bicyclic) bond motifs is 1. The Kier molecular flexibility index (Phi) is 8.26. The van der Waals surface area contributed by atoms with Gasteiger partial charge in [-0.1, -0.05) is 62.4 Å². The van der Waals surface area contributed by atoms with Crippen molar-refractivity contribution in [3.05, 3.63) is 77.5 Å². The first-order valence-corrected chi connectivity index (χ1v) is 15.1. The zero-order chi connectivity index (χ0) is 28.2. The number of carbonyl (C=O) groups is 1. The fourth-order valence-electron chi connectivity index (χ4n) is 6.37. The molecular weight excluding hydrogens is 515 g/mol. The molecule has 2 aromatic carbocycles. The molecule has 1 aliphatic carbocycles. The van der Waals surface area contributed by atoms with Crippen LogP contribution in [0.15, 0.2) is 54.6 Å². The molecule has 8 heteroatoms. The van der Waals surface area contributed by atoms with Gasteiger partial charge in [-0.2, -0.15) is 5.10 Å². The summed E-state index contributed by atoms with van der Waals surface area (Å²) < 4.78 is 15.6. The van der Waals surface area contributed by atoms with Crippen LogP contribution in [-0.4, -0.2) is 56.7 Å². The van der Waals surface area contributed by atoms with Gasteiger partial charge in [0.15, 0.2) is 5.65 Å². The third-order valence-electron chi connectivity index (χ3n) is 8.62. The highest BCUT2D eigenvalue weighted by atomic mass is 19.1. The fraction of sp³-hybridized carbons (Fsp3) is 0.455. The lowest BCUT2D eigenvalue weighted by Crippen LogP contribution is -2.35. The van der Waals surface area contributed by atoms with Crippen LogP contribution in [-0.2, 0) is 17.6 Å². The number of carbonyl (C=O) groups excluding carboxylic acids is 1. The Morgan fingerprint density at radius 3 is 2.46 bits per heavy atom. The molecule has 2 aliphatic rings. The van der Waals surface area contributed by atoms with Crippen molar-refractivity contribution in [1.29, 1.82) is 0 Å². The number of aryl methyl sites for hydroxylation is 2. The average Bonchev–Trinajstić information content (AvgIpc) is 3.16. The van der Waals surface area contributed by atoms with E-state index in [1.807, 2.05) is 34.7 Å². The Morgan fingerprint density at radius 1 is 0.902 bits per heavy atom. The highest BCUT2D eigenvalue weighted by Crippen LogP contribution is 2.32. The van der Waals surface area contributed by atoms with Gasteiger partial charge >= 0.3 is 0 Å². The molecule has 41 heavy (non-hydrogen) atoms. The molecule has 6 rings (SSSR count). The smallest absolute Gasteiger partial charge is 0.222 e. The minimum atomic E-state index is -0.275. The van der Waals surface area contributed by atoms with Crippen LogP contribution >= 0.6 is 0 Å². The predicted molar refractivity (Wildman–Crippen MR) is 160 cm³/mol. The molecule has 0 unspecified atom stereocenters. The molecule has 1 saturated heterocycles. The summed E-state index contributed by atoms with van der Waals surface area (Å²) in [6, 6.07) is 16.6. The number of rotatable bonds is 7. The van der Waals surface area contributed by atoms with Gasteiger partial charge in [-0.3, -0.25) is 4.79 Å². The van der Waals surface area contributed by atoms with Crippen molar-refractivity contribution >= 4 is 22.8 Å². The molecule has 0 bridgehead atoms. The van der Waals surface area contributed by atoms with E-state index < -0.39 is 0 Å². The normalized spacial score (nSPS) is 16.7. The average molecular weight is 555 g/mol. The summed E-state index contributed by atoms with van der Waals surface area (Å²) in [6.07, 6.45) is 9.31. The predicted octanol–water partition coefficient (Wildman–Crippen LogP) is 6.06. The molecule has 3 heterocycles. The first-order valence-electron chi connectivity index (χ1n) is 15.1. The Morgan fingerprint density at radius 2 is 1.68 bits per heavy atom. The zero-order valence-electron chi connectivity index (χ0n) is 23.9. The quantitative estimate of drug-likeness (QED) is 0.278. The van der Waals surface area contributed by atoms with Gasteiger partial charge in [0.2, 0.25) is 5.91 Å². The van der Waals surface area contributed by atoms with Gasteiger partial charge in [-0.15, -0.1) is 0 Å². The van der Waals surface area contributed by atoms with E-state index in [4.69, 9.17) is 15.1 Å². The standard InChI is InChI=1S/C33H39FN6O/c1-24-31-32(39-20-8-19-38(21-22-39)30(41)18-13-25-9-4-2-5-10-25)35-29(23-26-11-6-3-7-12-26)36-33(31)40(37-24)28-16-14-27(34)15-17-28/h2,4-5,9-10,14-17,26H,3,6-8,11-13,18-23H2,1H3. The van der Waals surface area contributed by atoms with Crippen LogP contribution in [0.2, 0.25) is 0 Å². The van der Waals surface area contributed by atoms with Crippen LogP contribution in [0.4, 0.5) is 10.2 Å². The summed E-state index contributed by atoms with van der Waals surface area (Å²) in [5.74, 6) is 2.29. The maximum Gasteiger partial charge on any atom is 0.222 e. The van der Waals surface area contributed by atoms with Crippen LogP contribution in [0, 0.1) is 18.7 Å². The van der Waals surface area contributed by atoms with Gasteiger partial charge in [0.1, 0.15) is 17.5 Å². The van der Waals surface area contributed by atoms with E-state index in [1.54, 1.807) is 12.1 Å². The molecule has 214 valence electrons. The monoisotopic (exact) mass is 554 g/mol. The number of halogens is 1. The highest BCUT2D eigenvalue weighted by Gasteiger charge is 2.26. The van der Waals surface area contributed by atoms with E-state index in [-0.39, 0.29) is 11.7 Å². The van der Waals surface area contributed by atoms with Crippen LogP contribution in [0.3, 0.4) is 0 Å². The van der Waals surface area contributed by atoms with E-state index in [2.05, 4.69) is 17.0 Å². The summed E-state index contributed by atoms with van der Waals surface area (Å²) in [4.78, 5) is 27.7. The molecule has 0 atom stereocenters. The van der Waals surface area contributed by atoms with Crippen LogP contribution in [0.5, 0.6) is 0 Å². The summed E-state index contributed by atoms with van der Waals surface area (Å²) in [6.45, 7) is 4.95. The zero-order valence-corrected chi connectivity index (χ0v) is 23.9. The van der Waals surface area contributed by atoms with Crippen molar-refractivity contribution in [3.63, 3.8) is 0 Å². The van der Waals surface area contributed by atoms with Crippen molar-refractivity contribution in [2.24, 2.45) is 5.92 Å². The Labute approximate surface area is 241 Å². The Bertz CT molecular complexity index is 1480. The second-order valence-electron chi connectivity index (χ2n) is 11.6. The maximum atomic E-state index is 13.7. The molecule has 0 N–H and O–H groups in total. The van der Waals surface area contributed by atoms with E-state index in [1.165, 1.54) is 49.8 Å². The molecule has 1 amide bonds.